The number of aromatic nitrogens is 2. The number of carboxylic acids is 1. The second-order valence-electron chi connectivity index (χ2n) is 12.2. The average molecular weight is 614 g/mol. The largest absolute Gasteiger partial charge is 0.573 e. The SMILES string of the molecule is Cn1cc(C(=O)O)c2ccc(N3C4CCC3CC(F)(COCc3c(-c5ccccc5OC(F)(F)F)noc3C3CC3)C4)cc21. The fraction of sp³-hybridized carbons (Fsp3) is 0.438. The first kappa shape index (κ1) is 28.7. The number of piperidine rings is 1. The lowest BCUT2D eigenvalue weighted by Crippen LogP contribution is -2.51. The zero-order chi connectivity index (χ0) is 30.8. The number of aryl methyl sites for hydroxylation is 1. The summed E-state index contributed by atoms with van der Waals surface area (Å²) in [6.07, 6.45) is 0.675. The number of anilines is 1. The van der Waals surface area contributed by atoms with E-state index in [0.29, 0.717) is 16.7 Å². The molecular weight excluding hydrogens is 582 g/mol. The predicted octanol–water partition coefficient (Wildman–Crippen LogP) is 7.36. The minimum absolute atomic E-state index is 0.0430. The molecule has 1 aliphatic carbocycles. The molecule has 44 heavy (non-hydrogen) atoms. The molecule has 2 bridgehead atoms. The van der Waals surface area contributed by atoms with Crippen LogP contribution in [0.15, 0.2) is 53.2 Å². The molecule has 2 aromatic heterocycles. The molecule has 0 amide bonds. The molecule has 4 heterocycles. The molecule has 2 atom stereocenters. The number of hydrogen-bond donors (Lipinski definition) is 1. The van der Waals surface area contributed by atoms with Crippen LogP contribution in [0.1, 0.15) is 66.1 Å². The van der Waals surface area contributed by atoms with Crippen molar-refractivity contribution in [2.45, 2.75) is 75.2 Å². The number of hydrogen-bond acceptors (Lipinski definition) is 6. The number of ether oxygens (including phenoxy) is 2. The lowest BCUT2D eigenvalue weighted by atomic mass is 9.88. The minimum Gasteiger partial charge on any atom is -0.478 e. The first-order chi connectivity index (χ1) is 21.0. The quantitative estimate of drug-likeness (QED) is 0.197. The summed E-state index contributed by atoms with van der Waals surface area (Å²) in [5, 5.41) is 14.3. The maximum absolute atomic E-state index is 16.4. The Kier molecular flexibility index (Phi) is 6.87. The van der Waals surface area contributed by atoms with Gasteiger partial charge in [-0.3, -0.25) is 0 Å². The van der Waals surface area contributed by atoms with Crippen molar-refractivity contribution >= 4 is 22.6 Å². The van der Waals surface area contributed by atoms with Gasteiger partial charge in [-0.15, -0.1) is 13.2 Å². The Bertz CT molecular complexity index is 1710. The number of carboxylic acid groups (broad SMARTS) is 1. The lowest BCUT2D eigenvalue weighted by Gasteiger charge is -2.43. The third kappa shape index (κ3) is 5.29. The van der Waals surface area contributed by atoms with Gasteiger partial charge in [0, 0.05) is 66.3 Å². The number of alkyl halides is 4. The molecular formula is C32H31F4N3O5. The van der Waals surface area contributed by atoms with Crippen LogP contribution in [0, 0.1) is 0 Å². The van der Waals surface area contributed by atoms with Crippen molar-refractivity contribution in [2.75, 3.05) is 11.5 Å². The Morgan fingerprint density at radius 3 is 2.52 bits per heavy atom. The maximum Gasteiger partial charge on any atom is 0.573 e. The van der Waals surface area contributed by atoms with Crippen LogP contribution in [0.2, 0.25) is 0 Å². The number of para-hydroxylation sites is 1. The topological polar surface area (TPSA) is 90.0 Å². The van der Waals surface area contributed by atoms with Crippen LogP contribution in [0.4, 0.5) is 23.2 Å². The summed E-state index contributed by atoms with van der Waals surface area (Å²) in [5.74, 6) is -0.704. The summed E-state index contributed by atoms with van der Waals surface area (Å²) in [4.78, 5) is 13.9. The van der Waals surface area contributed by atoms with E-state index in [2.05, 4.69) is 14.8 Å². The standard InChI is InChI=1S/C32H31F4N3O5/c1-38-15-24(30(40)41)22-11-10-19(12-26(22)38)39-20-8-9-21(39)14-31(33,13-20)17-42-16-25-28(37-44-29(25)18-6-7-18)23-4-2-3-5-27(23)43-32(34,35)36/h2-5,10-12,15,18,20-21H,6-9,13-14,16-17H2,1H3,(H,40,41). The number of nitrogens with zero attached hydrogens (tertiary/aromatic N) is 3. The van der Waals surface area contributed by atoms with Crippen LogP contribution >= 0.6 is 0 Å². The van der Waals surface area contributed by atoms with E-state index in [0.717, 1.165) is 36.9 Å². The highest BCUT2D eigenvalue weighted by atomic mass is 19.4. The zero-order valence-electron chi connectivity index (χ0n) is 23.9. The number of aromatic carboxylic acids is 1. The maximum atomic E-state index is 16.4. The highest BCUT2D eigenvalue weighted by molar-refractivity contribution is 6.04. The monoisotopic (exact) mass is 613 g/mol. The molecule has 0 radical (unpaired) electrons. The van der Waals surface area contributed by atoms with Gasteiger partial charge in [-0.25, -0.2) is 9.18 Å². The van der Waals surface area contributed by atoms with E-state index >= 15 is 4.39 Å². The summed E-state index contributed by atoms with van der Waals surface area (Å²) in [6.45, 7) is -0.214. The van der Waals surface area contributed by atoms with Crippen molar-refractivity contribution < 1.29 is 41.5 Å². The molecule has 2 aliphatic heterocycles. The number of fused-ring (bicyclic) bond motifs is 3. The summed E-state index contributed by atoms with van der Waals surface area (Å²) < 4.78 is 73.3. The molecule has 7 rings (SSSR count). The van der Waals surface area contributed by atoms with Gasteiger partial charge in [0.25, 0.3) is 0 Å². The fourth-order valence-electron chi connectivity index (χ4n) is 7.08. The molecule has 12 heteroatoms. The zero-order valence-corrected chi connectivity index (χ0v) is 23.9. The molecule has 2 saturated heterocycles. The first-order valence-corrected chi connectivity index (χ1v) is 14.7. The fourth-order valence-corrected chi connectivity index (χ4v) is 7.08. The summed E-state index contributed by atoms with van der Waals surface area (Å²) in [5.41, 5.74) is 1.26. The predicted molar refractivity (Wildman–Crippen MR) is 152 cm³/mol. The van der Waals surface area contributed by atoms with Crippen LogP contribution in [0.5, 0.6) is 5.75 Å². The van der Waals surface area contributed by atoms with Crippen LogP contribution < -0.4 is 9.64 Å². The first-order valence-electron chi connectivity index (χ1n) is 14.7. The Hall–Kier alpha value is -4.06. The third-order valence-electron chi connectivity index (χ3n) is 9.07. The van der Waals surface area contributed by atoms with Crippen LogP contribution in [0.25, 0.3) is 22.2 Å². The number of carbonyl (C=O) groups is 1. The van der Waals surface area contributed by atoms with Crippen LogP contribution in [0.3, 0.4) is 0 Å². The van der Waals surface area contributed by atoms with Crippen molar-refractivity contribution in [1.29, 1.82) is 0 Å². The van der Waals surface area contributed by atoms with E-state index in [4.69, 9.17) is 9.26 Å². The average Bonchev–Trinajstić information content (AvgIpc) is 3.55. The van der Waals surface area contributed by atoms with E-state index < -0.39 is 23.7 Å². The molecule has 4 aromatic rings. The summed E-state index contributed by atoms with van der Waals surface area (Å²) in [6, 6.07) is 11.4. The van der Waals surface area contributed by atoms with Gasteiger partial charge >= 0.3 is 12.3 Å². The van der Waals surface area contributed by atoms with E-state index in [1.54, 1.807) is 16.8 Å². The normalized spacial score (nSPS) is 23.4. The molecule has 232 valence electrons. The van der Waals surface area contributed by atoms with E-state index in [1.807, 2.05) is 25.2 Å². The van der Waals surface area contributed by atoms with Gasteiger partial charge in [0.15, 0.2) is 0 Å². The number of halogens is 4. The van der Waals surface area contributed by atoms with Gasteiger partial charge in [0.1, 0.15) is 22.9 Å². The molecule has 3 aliphatic rings. The Morgan fingerprint density at radius 1 is 1.11 bits per heavy atom. The molecule has 1 saturated carbocycles. The summed E-state index contributed by atoms with van der Waals surface area (Å²) in [7, 11) is 1.81. The van der Waals surface area contributed by atoms with Gasteiger partial charge in [0.05, 0.1) is 24.3 Å². The van der Waals surface area contributed by atoms with E-state index in [1.165, 1.54) is 18.2 Å². The second kappa shape index (κ2) is 10.5. The molecule has 3 fully saturated rings. The van der Waals surface area contributed by atoms with E-state index in [-0.39, 0.29) is 60.9 Å². The summed E-state index contributed by atoms with van der Waals surface area (Å²) >= 11 is 0. The van der Waals surface area contributed by atoms with Gasteiger partial charge in [-0.1, -0.05) is 17.3 Å². The van der Waals surface area contributed by atoms with Crippen molar-refractivity contribution in [3.8, 4) is 17.0 Å². The lowest BCUT2D eigenvalue weighted by molar-refractivity contribution is -0.274. The number of benzene rings is 2. The van der Waals surface area contributed by atoms with Crippen molar-refractivity contribution in [3.05, 3.63) is 65.5 Å². The van der Waals surface area contributed by atoms with Gasteiger partial charge < -0.3 is 28.6 Å². The highest BCUT2D eigenvalue weighted by Crippen LogP contribution is 2.48. The van der Waals surface area contributed by atoms with Gasteiger partial charge in [0.2, 0.25) is 0 Å². The van der Waals surface area contributed by atoms with Crippen molar-refractivity contribution in [2.24, 2.45) is 7.05 Å². The van der Waals surface area contributed by atoms with Crippen molar-refractivity contribution in [1.82, 2.24) is 9.72 Å². The van der Waals surface area contributed by atoms with Crippen LogP contribution in [-0.2, 0) is 18.4 Å². The number of rotatable bonds is 9. The Morgan fingerprint density at radius 2 is 1.84 bits per heavy atom. The van der Waals surface area contributed by atoms with Crippen LogP contribution in [-0.4, -0.2) is 51.5 Å². The highest BCUT2D eigenvalue weighted by Gasteiger charge is 2.49. The second-order valence-corrected chi connectivity index (χ2v) is 12.2. The van der Waals surface area contributed by atoms with Crippen molar-refractivity contribution in [3.63, 3.8) is 0 Å². The molecule has 8 nitrogen and oxygen atoms in total. The third-order valence-corrected chi connectivity index (χ3v) is 9.07. The van der Waals surface area contributed by atoms with E-state index in [9.17, 15) is 23.1 Å². The molecule has 2 unspecified atom stereocenters. The molecule has 1 N–H and O–H groups in total. The minimum atomic E-state index is -4.88. The van der Waals surface area contributed by atoms with Gasteiger partial charge in [-0.2, -0.15) is 0 Å². The Balaban J connectivity index is 1.08. The molecule has 0 spiro atoms. The molecule has 2 aromatic carbocycles. The smallest absolute Gasteiger partial charge is 0.478 e. The Labute approximate surface area is 250 Å². The van der Waals surface area contributed by atoms with Gasteiger partial charge in [-0.05, 0) is 56.0 Å².